The van der Waals surface area contributed by atoms with Crippen LogP contribution in [0.25, 0.3) is 0 Å². The van der Waals surface area contributed by atoms with Gasteiger partial charge in [0.1, 0.15) is 0 Å². The van der Waals surface area contributed by atoms with E-state index in [0.717, 1.165) is 38.4 Å². The Labute approximate surface area is 105 Å². The minimum atomic E-state index is -0.0700. The van der Waals surface area contributed by atoms with Gasteiger partial charge in [-0.1, -0.05) is 19.3 Å². The van der Waals surface area contributed by atoms with E-state index in [1.165, 1.54) is 25.7 Å². The molecule has 1 aliphatic rings. The highest BCUT2D eigenvalue weighted by atomic mass is 16.5. The fraction of sp³-hybridized carbons (Fsp3) is 0.929. The van der Waals surface area contributed by atoms with Crippen molar-refractivity contribution in [1.29, 1.82) is 0 Å². The van der Waals surface area contributed by atoms with Crippen molar-refractivity contribution >= 4 is 5.97 Å². The average Bonchev–Trinajstić information content (AvgIpc) is 2.81. The molecular formula is C14H26O3. The summed E-state index contributed by atoms with van der Waals surface area (Å²) in [5, 5.41) is 0. The topological polar surface area (TPSA) is 35.5 Å². The Hall–Kier alpha value is -0.570. The van der Waals surface area contributed by atoms with Gasteiger partial charge in [0.05, 0.1) is 6.61 Å². The van der Waals surface area contributed by atoms with Gasteiger partial charge in [0.15, 0.2) is 0 Å². The first-order chi connectivity index (χ1) is 8.33. The fourth-order valence-electron chi connectivity index (χ4n) is 2.31. The van der Waals surface area contributed by atoms with E-state index >= 15 is 0 Å². The summed E-state index contributed by atoms with van der Waals surface area (Å²) in [5.74, 6) is 0.744. The second-order valence-electron chi connectivity index (χ2n) is 4.84. The first-order valence-corrected chi connectivity index (χ1v) is 7.06. The minimum Gasteiger partial charge on any atom is -0.466 e. The molecule has 100 valence electrons. The number of carbonyl (C=O) groups excluding carboxylic acids is 1. The van der Waals surface area contributed by atoms with Gasteiger partial charge in [0.25, 0.3) is 0 Å². The summed E-state index contributed by atoms with van der Waals surface area (Å²) >= 11 is 0. The molecule has 0 N–H and O–H groups in total. The summed E-state index contributed by atoms with van der Waals surface area (Å²) in [4.78, 5) is 11.1. The SMILES string of the molecule is CCOC(=O)CCCCCOCC1CCCC1. The highest BCUT2D eigenvalue weighted by Gasteiger charge is 2.14. The van der Waals surface area contributed by atoms with Crippen LogP contribution in [0.1, 0.15) is 58.3 Å². The Balaban J connectivity index is 1.79. The number of rotatable bonds is 9. The molecule has 0 saturated heterocycles. The van der Waals surface area contributed by atoms with Gasteiger partial charge in [-0.3, -0.25) is 4.79 Å². The molecule has 1 saturated carbocycles. The zero-order valence-corrected chi connectivity index (χ0v) is 11.1. The molecule has 3 nitrogen and oxygen atoms in total. The third kappa shape index (κ3) is 7.37. The van der Waals surface area contributed by atoms with Crippen LogP contribution >= 0.6 is 0 Å². The van der Waals surface area contributed by atoms with Crippen LogP contribution in [-0.2, 0) is 14.3 Å². The van der Waals surface area contributed by atoms with Crippen LogP contribution in [0.2, 0.25) is 0 Å². The van der Waals surface area contributed by atoms with E-state index in [2.05, 4.69) is 0 Å². The van der Waals surface area contributed by atoms with Crippen molar-refractivity contribution in [1.82, 2.24) is 0 Å². The lowest BCUT2D eigenvalue weighted by Crippen LogP contribution is -2.07. The van der Waals surface area contributed by atoms with Crippen LogP contribution in [0.4, 0.5) is 0 Å². The van der Waals surface area contributed by atoms with Crippen LogP contribution < -0.4 is 0 Å². The van der Waals surface area contributed by atoms with Crippen molar-refractivity contribution in [2.75, 3.05) is 19.8 Å². The molecule has 3 heteroatoms. The number of hydrogen-bond donors (Lipinski definition) is 0. The van der Waals surface area contributed by atoms with E-state index in [4.69, 9.17) is 9.47 Å². The predicted octanol–water partition coefficient (Wildman–Crippen LogP) is 3.32. The zero-order chi connectivity index (χ0) is 12.3. The largest absolute Gasteiger partial charge is 0.466 e. The molecule has 0 aromatic heterocycles. The lowest BCUT2D eigenvalue weighted by Gasteiger charge is -2.09. The summed E-state index contributed by atoms with van der Waals surface area (Å²) in [7, 11) is 0. The van der Waals surface area contributed by atoms with Crippen LogP contribution in [-0.4, -0.2) is 25.8 Å². The maximum Gasteiger partial charge on any atom is 0.305 e. The third-order valence-electron chi connectivity index (χ3n) is 3.30. The normalized spacial score (nSPS) is 16.3. The Morgan fingerprint density at radius 3 is 2.65 bits per heavy atom. The lowest BCUT2D eigenvalue weighted by molar-refractivity contribution is -0.143. The Bertz CT molecular complexity index is 198. The van der Waals surface area contributed by atoms with E-state index in [1.807, 2.05) is 6.92 Å². The maximum atomic E-state index is 11.1. The molecular weight excluding hydrogens is 216 g/mol. The van der Waals surface area contributed by atoms with Crippen molar-refractivity contribution in [2.45, 2.75) is 58.3 Å². The number of hydrogen-bond acceptors (Lipinski definition) is 3. The average molecular weight is 242 g/mol. The van der Waals surface area contributed by atoms with Gasteiger partial charge in [-0.25, -0.2) is 0 Å². The molecule has 1 rings (SSSR count). The fourth-order valence-corrected chi connectivity index (χ4v) is 2.31. The van der Waals surface area contributed by atoms with Crippen molar-refractivity contribution in [3.8, 4) is 0 Å². The molecule has 1 fully saturated rings. The van der Waals surface area contributed by atoms with Crippen molar-refractivity contribution in [3.63, 3.8) is 0 Å². The minimum absolute atomic E-state index is 0.0700. The number of carbonyl (C=O) groups is 1. The molecule has 0 aromatic carbocycles. The molecule has 0 unspecified atom stereocenters. The van der Waals surface area contributed by atoms with E-state index < -0.39 is 0 Å². The maximum absolute atomic E-state index is 11.1. The first kappa shape index (κ1) is 14.5. The molecule has 0 atom stereocenters. The summed E-state index contributed by atoms with van der Waals surface area (Å²) in [5.41, 5.74) is 0. The number of unbranched alkanes of at least 4 members (excludes halogenated alkanes) is 2. The van der Waals surface area contributed by atoms with Crippen molar-refractivity contribution in [2.24, 2.45) is 5.92 Å². The van der Waals surface area contributed by atoms with Gasteiger partial charge in [0, 0.05) is 19.6 Å². The predicted molar refractivity (Wildman–Crippen MR) is 67.9 cm³/mol. The van der Waals surface area contributed by atoms with Crippen LogP contribution in [0.15, 0.2) is 0 Å². The van der Waals surface area contributed by atoms with Crippen LogP contribution in [0, 0.1) is 5.92 Å². The van der Waals surface area contributed by atoms with Crippen molar-refractivity contribution < 1.29 is 14.3 Å². The highest BCUT2D eigenvalue weighted by Crippen LogP contribution is 2.24. The third-order valence-corrected chi connectivity index (χ3v) is 3.30. The molecule has 0 aromatic rings. The molecule has 1 aliphatic carbocycles. The molecule has 0 spiro atoms. The van der Waals surface area contributed by atoms with Gasteiger partial charge in [0.2, 0.25) is 0 Å². The van der Waals surface area contributed by atoms with Crippen LogP contribution in [0.5, 0.6) is 0 Å². The molecule has 0 aliphatic heterocycles. The summed E-state index contributed by atoms with van der Waals surface area (Å²) in [6.45, 7) is 4.12. The van der Waals surface area contributed by atoms with Gasteiger partial charge in [-0.05, 0) is 38.5 Å². The molecule has 0 amide bonds. The highest BCUT2D eigenvalue weighted by molar-refractivity contribution is 5.69. The van der Waals surface area contributed by atoms with E-state index in [1.54, 1.807) is 0 Å². The van der Waals surface area contributed by atoms with Gasteiger partial charge in [-0.15, -0.1) is 0 Å². The second-order valence-corrected chi connectivity index (χ2v) is 4.84. The number of ether oxygens (including phenoxy) is 2. The smallest absolute Gasteiger partial charge is 0.305 e. The van der Waals surface area contributed by atoms with Gasteiger partial charge < -0.3 is 9.47 Å². The molecule has 0 radical (unpaired) electrons. The number of esters is 1. The molecule has 0 bridgehead atoms. The molecule has 0 heterocycles. The lowest BCUT2D eigenvalue weighted by atomic mass is 10.1. The Morgan fingerprint density at radius 2 is 1.94 bits per heavy atom. The van der Waals surface area contributed by atoms with Gasteiger partial charge in [-0.2, -0.15) is 0 Å². The van der Waals surface area contributed by atoms with Crippen LogP contribution in [0.3, 0.4) is 0 Å². The molecule has 17 heavy (non-hydrogen) atoms. The zero-order valence-electron chi connectivity index (χ0n) is 11.1. The van der Waals surface area contributed by atoms with E-state index in [9.17, 15) is 4.79 Å². The summed E-state index contributed by atoms with van der Waals surface area (Å²) in [6.07, 6.45) is 9.06. The van der Waals surface area contributed by atoms with Crippen molar-refractivity contribution in [3.05, 3.63) is 0 Å². The summed E-state index contributed by atoms with van der Waals surface area (Å²) < 4.78 is 10.5. The first-order valence-electron chi connectivity index (χ1n) is 7.06. The Morgan fingerprint density at radius 1 is 1.18 bits per heavy atom. The standard InChI is InChI=1S/C14H26O3/c1-2-17-14(15)10-4-3-7-11-16-12-13-8-5-6-9-13/h13H,2-12H2,1H3. The van der Waals surface area contributed by atoms with E-state index in [0.29, 0.717) is 13.0 Å². The van der Waals surface area contributed by atoms with Gasteiger partial charge >= 0.3 is 5.97 Å². The Kier molecular flexibility index (Phi) is 8.06. The second kappa shape index (κ2) is 9.46. The van der Waals surface area contributed by atoms with E-state index in [-0.39, 0.29) is 5.97 Å². The summed E-state index contributed by atoms with van der Waals surface area (Å²) in [6, 6.07) is 0. The monoisotopic (exact) mass is 242 g/mol. The quantitative estimate of drug-likeness (QED) is 0.459.